The number of amides is 1. The van der Waals surface area contributed by atoms with Crippen LogP contribution in [0.3, 0.4) is 0 Å². The van der Waals surface area contributed by atoms with Crippen LogP contribution in [0.5, 0.6) is 0 Å². The van der Waals surface area contributed by atoms with E-state index < -0.39 is 0 Å². The first-order chi connectivity index (χ1) is 7.22. The van der Waals surface area contributed by atoms with Gasteiger partial charge >= 0.3 is 6.09 Å². The van der Waals surface area contributed by atoms with Crippen molar-refractivity contribution < 1.29 is 9.53 Å². The summed E-state index contributed by atoms with van der Waals surface area (Å²) in [4.78, 5) is 13.6. The highest BCUT2D eigenvalue weighted by molar-refractivity contribution is 14.1. The van der Waals surface area contributed by atoms with E-state index in [9.17, 15) is 4.79 Å². The third-order valence-electron chi connectivity index (χ3n) is 3.33. The van der Waals surface area contributed by atoms with Crippen molar-refractivity contribution in [1.29, 1.82) is 0 Å². The van der Waals surface area contributed by atoms with E-state index in [4.69, 9.17) is 4.74 Å². The molecule has 2 aliphatic rings. The van der Waals surface area contributed by atoms with Gasteiger partial charge in [-0.15, -0.1) is 0 Å². The molecule has 0 aromatic rings. The van der Waals surface area contributed by atoms with Crippen LogP contribution in [0.15, 0.2) is 0 Å². The monoisotopic (exact) mass is 323 g/mol. The molecule has 1 aliphatic carbocycles. The summed E-state index contributed by atoms with van der Waals surface area (Å²) in [5.41, 5.74) is 0. The molecule has 0 aromatic carbocycles. The Morgan fingerprint density at radius 2 is 2.33 bits per heavy atom. The van der Waals surface area contributed by atoms with E-state index in [1.807, 2.05) is 4.90 Å². The van der Waals surface area contributed by atoms with Gasteiger partial charge in [0.2, 0.25) is 0 Å². The zero-order valence-corrected chi connectivity index (χ0v) is 11.3. The van der Waals surface area contributed by atoms with E-state index in [2.05, 4.69) is 29.5 Å². The Morgan fingerprint density at radius 3 is 3.07 bits per heavy atom. The topological polar surface area (TPSA) is 29.5 Å². The maximum Gasteiger partial charge on any atom is 0.410 e. The lowest BCUT2D eigenvalue weighted by Crippen LogP contribution is -2.41. The quantitative estimate of drug-likeness (QED) is 0.590. The second-order valence-electron chi connectivity index (χ2n) is 4.45. The van der Waals surface area contributed by atoms with Crippen LogP contribution in [0.25, 0.3) is 0 Å². The fourth-order valence-electron chi connectivity index (χ4n) is 2.45. The van der Waals surface area contributed by atoms with Crippen LogP contribution >= 0.6 is 22.6 Å². The highest BCUT2D eigenvalue weighted by Crippen LogP contribution is 2.35. The summed E-state index contributed by atoms with van der Waals surface area (Å²) < 4.78 is 6.12. The smallest absolute Gasteiger partial charge is 0.410 e. The maximum atomic E-state index is 11.7. The second kappa shape index (κ2) is 4.89. The van der Waals surface area contributed by atoms with Gasteiger partial charge in [-0.2, -0.15) is 0 Å². The lowest BCUT2D eigenvalue weighted by molar-refractivity contribution is 0.115. The molecule has 3 nitrogen and oxygen atoms in total. The van der Waals surface area contributed by atoms with E-state index in [0.29, 0.717) is 9.97 Å². The van der Waals surface area contributed by atoms with Crippen LogP contribution in [0.2, 0.25) is 0 Å². The highest BCUT2D eigenvalue weighted by Gasteiger charge is 2.44. The van der Waals surface area contributed by atoms with Crippen LogP contribution in [0.4, 0.5) is 4.79 Å². The number of hydrogen-bond donors (Lipinski definition) is 0. The molecule has 2 fully saturated rings. The van der Waals surface area contributed by atoms with Crippen molar-refractivity contribution in [2.45, 2.75) is 55.1 Å². The Hall–Kier alpha value is 0. The van der Waals surface area contributed by atoms with Gasteiger partial charge in [0.15, 0.2) is 0 Å². The molecule has 4 heteroatoms. The van der Waals surface area contributed by atoms with E-state index in [1.54, 1.807) is 0 Å². The number of ether oxygens (including phenoxy) is 1. The molecular weight excluding hydrogens is 305 g/mol. The van der Waals surface area contributed by atoms with Gasteiger partial charge in [0, 0.05) is 10.5 Å². The fourth-order valence-corrected chi connectivity index (χ4v) is 3.33. The second-order valence-corrected chi connectivity index (χ2v) is 6.21. The Labute approximate surface area is 105 Å². The molecule has 1 aliphatic heterocycles. The first kappa shape index (κ1) is 11.5. The number of alkyl halides is 1. The number of nitrogens with zero attached hydrogens (tertiary/aromatic N) is 1. The van der Waals surface area contributed by atoms with E-state index in [0.717, 1.165) is 32.2 Å². The molecule has 0 spiro atoms. The molecule has 2 rings (SSSR count). The summed E-state index contributed by atoms with van der Waals surface area (Å²) >= 11 is 2.49. The van der Waals surface area contributed by atoms with Gasteiger partial charge in [0.05, 0.1) is 6.04 Å². The van der Waals surface area contributed by atoms with Crippen LogP contribution in [-0.4, -0.2) is 33.6 Å². The van der Waals surface area contributed by atoms with Crippen LogP contribution in [0, 0.1) is 0 Å². The number of carbonyl (C=O) groups excluding carboxylic acids is 1. The molecule has 1 saturated carbocycles. The molecule has 1 saturated heterocycles. The average Bonchev–Trinajstić information content (AvgIpc) is 2.51. The van der Waals surface area contributed by atoms with E-state index in [1.165, 1.54) is 6.42 Å². The molecule has 86 valence electrons. The first-order valence-electron chi connectivity index (χ1n) is 5.83. The molecule has 0 N–H and O–H groups in total. The molecule has 0 bridgehead atoms. The fraction of sp³-hybridized carbons (Fsp3) is 0.909. The number of halogens is 1. The van der Waals surface area contributed by atoms with Gasteiger partial charge in [0.25, 0.3) is 0 Å². The summed E-state index contributed by atoms with van der Waals surface area (Å²) in [5, 5.41) is 0. The van der Waals surface area contributed by atoms with Gasteiger partial charge in [0.1, 0.15) is 6.10 Å². The largest absolute Gasteiger partial charge is 0.444 e. The minimum atomic E-state index is -0.0797. The predicted octanol–water partition coefficient (Wildman–Crippen LogP) is 2.96. The molecule has 1 amide bonds. The number of unbranched alkanes of at least 4 members (excludes halogenated alkanes) is 1. The predicted molar refractivity (Wildman–Crippen MR) is 67.3 cm³/mol. The lowest BCUT2D eigenvalue weighted by Gasteiger charge is -2.30. The van der Waals surface area contributed by atoms with Crippen molar-refractivity contribution in [2.75, 3.05) is 6.54 Å². The van der Waals surface area contributed by atoms with Gasteiger partial charge in [-0.25, -0.2) is 4.79 Å². The molecule has 1 unspecified atom stereocenters. The van der Waals surface area contributed by atoms with Gasteiger partial charge in [-0.05, 0) is 25.7 Å². The number of carbonyl (C=O) groups is 1. The Kier molecular flexibility index (Phi) is 3.74. The minimum absolute atomic E-state index is 0.0797. The highest BCUT2D eigenvalue weighted by atomic mass is 127. The SMILES string of the molecule is CCCCN1C(=O)O[C@H]2CCC(I)C[C@H]21. The number of hydrogen-bond acceptors (Lipinski definition) is 2. The zero-order chi connectivity index (χ0) is 10.8. The van der Waals surface area contributed by atoms with Crippen LogP contribution in [-0.2, 0) is 4.74 Å². The van der Waals surface area contributed by atoms with Crippen molar-refractivity contribution in [3.8, 4) is 0 Å². The molecule has 3 atom stereocenters. The molecule has 0 radical (unpaired) electrons. The van der Waals surface area contributed by atoms with Crippen molar-refractivity contribution in [3.05, 3.63) is 0 Å². The van der Waals surface area contributed by atoms with Gasteiger partial charge in [-0.3, -0.25) is 0 Å². The van der Waals surface area contributed by atoms with Crippen molar-refractivity contribution >= 4 is 28.7 Å². The summed E-state index contributed by atoms with van der Waals surface area (Å²) in [6.45, 7) is 3.03. The summed E-state index contributed by atoms with van der Waals surface area (Å²) in [7, 11) is 0. The molecular formula is C11H18INO2. The van der Waals surface area contributed by atoms with Gasteiger partial charge < -0.3 is 9.64 Å². The van der Waals surface area contributed by atoms with Crippen molar-refractivity contribution in [3.63, 3.8) is 0 Å². The molecule has 1 heterocycles. The normalized spacial score (nSPS) is 35.2. The van der Waals surface area contributed by atoms with Crippen molar-refractivity contribution in [2.24, 2.45) is 0 Å². The summed E-state index contributed by atoms with van der Waals surface area (Å²) in [5.74, 6) is 0. The third kappa shape index (κ3) is 2.40. The zero-order valence-electron chi connectivity index (χ0n) is 9.12. The molecule has 0 aromatic heterocycles. The minimum Gasteiger partial charge on any atom is -0.444 e. The van der Waals surface area contributed by atoms with E-state index in [-0.39, 0.29) is 12.2 Å². The standard InChI is InChI=1S/C11H18INO2/c1-2-3-6-13-9-7-8(12)4-5-10(9)15-11(13)14/h8-10H,2-7H2,1H3/t8?,9-,10+/m1/s1. The summed E-state index contributed by atoms with van der Waals surface area (Å²) in [6.07, 6.45) is 5.67. The average molecular weight is 323 g/mol. The van der Waals surface area contributed by atoms with Crippen LogP contribution in [0.1, 0.15) is 39.0 Å². The Morgan fingerprint density at radius 1 is 1.53 bits per heavy atom. The van der Waals surface area contributed by atoms with Gasteiger partial charge in [-0.1, -0.05) is 35.9 Å². The van der Waals surface area contributed by atoms with Crippen molar-refractivity contribution in [1.82, 2.24) is 4.90 Å². The Balaban J connectivity index is 1.99. The maximum absolute atomic E-state index is 11.7. The number of fused-ring (bicyclic) bond motifs is 1. The lowest BCUT2D eigenvalue weighted by atomic mass is 9.92. The van der Waals surface area contributed by atoms with Crippen LogP contribution < -0.4 is 0 Å². The first-order valence-corrected chi connectivity index (χ1v) is 7.08. The summed E-state index contributed by atoms with van der Waals surface area (Å²) in [6, 6.07) is 0.361. The third-order valence-corrected chi connectivity index (χ3v) is 4.46. The van der Waals surface area contributed by atoms with E-state index >= 15 is 0 Å². The Bertz CT molecular complexity index is 247. The number of rotatable bonds is 3. The molecule has 15 heavy (non-hydrogen) atoms.